The lowest BCUT2D eigenvalue weighted by atomic mass is 9.49. The largest absolute Gasteiger partial charge is 0.493 e. The topological polar surface area (TPSA) is 159 Å². The van der Waals surface area contributed by atoms with Crippen LogP contribution in [0.3, 0.4) is 0 Å². The van der Waals surface area contributed by atoms with Crippen LogP contribution in [0.15, 0.2) is 61.2 Å². The zero-order valence-electron chi connectivity index (χ0n) is 22.7. The van der Waals surface area contributed by atoms with Gasteiger partial charge >= 0.3 is 11.9 Å². The van der Waals surface area contributed by atoms with E-state index in [4.69, 9.17) is 19.7 Å². The average molecular weight is 562 g/mol. The van der Waals surface area contributed by atoms with Crippen LogP contribution in [-0.2, 0) is 16.6 Å². The molecule has 7 rings (SSSR count). The third-order valence-corrected chi connectivity index (χ3v) is 8.55. The number of likely N-dealkylation sites (tertiary alicyclic amines) is 1. The van der Waals surface area contributed by atoms with E-state index < -0.39 is 29.1 Å². The Kier molecular flexibility index (Phi) is 7.50. The van der Waals surface area contributed by atoms with Gasteiger partial charge in [0.1, 0.15) is 0 Å². The number of hydrogen-bond acceptors (Lipinski definition) is 9. The number of ether oxygens (including phenoxy) is 2. The molecule has 0 radical (unpaired) electrons. The zero-order chi connectivity index (χ0) is 29.4. The number of aromatic carboxylic acids is 2. The van der Waals surface area contributed by atoms with Crippen LogP contribution >= 0.6 is 0 Å². The van der Waals surface area contributed by atoms with Gasteiger partial charge in [-0.2, -0.15) is 0 Å². The number of rotatable bonds is 3. The van der Waals surface area contributed by atoms with Crippen molar-refractivity contribution in [2.24, 2.45) is 0 Å². The predicted molar refractivity (Wildman–Crippen MR) is 145 cm³/mol. The summed E-state index contributed by atoms with van der Waals surface area (Å²) in [5.74, 6) is -0.415. The lowest BCUT2D eigenvalue weighted by Crippen LogP contribution is -2.76. The highest BCUT2D eigenvalue weighted by atomic mass is 16.5. The second kappa shape index (κ2) is 10.9. The van der Waals surface area contributed by atoms with E-state index in [1.807, 2.05) is 6.07 Å². The lowest BCUT2D eigenvalue weighted by molar-refractivity contribution is -0.185. The minimum Gasteiger partial charge on any atom is -0.493 e. The number of ketones is 1. The number of hydrogen-bond donors (Lipinski definition) is 3. The molecule has 11 nitrogen and oxygen atoms in total. The van der Waals surface area contributed by atoms with E-state index in [-0.39, 0.29) is 23.0 Å². The van der Waals surface area contributed by atoms with Crippen molar-refractivity contribution in [1.82, 2.24) is 14.9 Å². The van der Waals surface area contributed by atoms with E-state index in [2.05, 4.69) is 28.0 Å². The third-order valence-electron chi connectivity index (χ3n) is 8.55. The summed E-state index contributed by atoms with van der Waals surface area (Å²) < 4.78 is 11.6. The number of Topliss-reactive ketones (excluding diaryl/α,β-unsaturated/α-hetero) is 1. The standard InChI is InChI=1S/C18H21NO4.2C6H5NO2/c1-19-8-7-17-14-10-3-4-12(22-2)15(14)23-16(17)11(20)5-6-18(17,21)13(19)9-10;2*8-6(9)5-2-1-3-7-4-5/h3-4,13,16,21H,5-9H2,1-2H3;2*1-4H,(H,8,9)/t13-,16+,17+,18-;;/m1../s1. The second-order valence-corrected chi connectivity index (χ2v) is 10.5. The summed E-state index contributed by atoms with van der Waals surface area (Å²) in [4.78, 5) is 42.5. The van der Waals surface area contributed by atoms with Crippen LogP contribution in [0, 0.1) is 0 Å². The molecule has 3 aromatic rings. The highest BCUT2D eigenvalue weighted by molar-refractivity contribution is 5.90. The SMILES string of the molecule is COc1ccc2c3c1O[C@H]1C(=O)CC[C@@]4(O)[C@@H](C2)N(C)CC[C@]314.O=C(O)c1cccnc1.O=C(O)c1cccnc1. The van der Waals surface area contributed by atoms with E-state index in [1.165, 1.54) is 42.5 Å². The Morgan fingerprint density at radius 1 is 1.02 bits per heavy atom. The van der Waals surface area contributed by atoms with Gasteiger partial charge in [0.2, 0.25) is 0 Å². The number of likely N-dealkylation sites (N-methyl/N-ethyl adjacent to an activating group) is 1. The summed E-state index contributed by atoms with van der Waals surface area (Å²) in [7, 11) is 3.70. The Labute approximate surface area is 236 Å². The number of carboxylic acids is 2. The molecule has 4 aliphatic rings. The highest BCUT2D eigenvalue weighted by Crippen LogP contribution is 2.64. The first-order valence-corrected chi connectivity index (χ1v) is 13.2. The molecular formula is C30H31N3O8. The Morgan fingerprint density at radius 2 is 1.66 bits per heavy atom. The Bertz CT molecular complexity index is 1420. The van der Waals surface area contributed by atoms with Crippen molar-refractivity contribution in [3.63, 3.8) is 0 Å². The first kappa shape index (κ1) is 28.2. The smallest absolute Gasteiger partial charge is 0.337 e. The molecule has 1 saturated heterocycles. The maximum absolute atomic E-state index is 12.7. The van der Waals surface area contributed by atoms with Crippen molar-refractivity contribution in [2.45, 2.75) is 48.8 Å². The van der Waals surface area contributed by atoms with E-state index >= 15 is 0 Å². The molecule has 214 valence electrons. The molecule has 2 bridgehead atoms. The molecule has 1 saturated carbocycles. The number of piperidine rings is 1. The predicted octanol–water partition coefficient (Wildman–Crippen LogP) is 2.61. The van der Waals surface area contributed by atoms with Crippen molar-refractivity contribution in [1.29, 1.82) is 0 Å². The molecule has 0 unspecified atom stereocenters. The number of benzene rings is 1. The van der Waals surface area contributed by atoms with Crippen LogP contribution < -0.4 is 9.47 Å². The number of carboxylic acid groups (broad SMARTS) is 2. The molecule has 4 atom stereocenters. The molecule has 1 spiro atoms. The van der Waals surface area contributed by atoms with Crippen molar-refractivity contribution in [3.8, 4) is 11.5 Å². The summed E-state index contributed by atoms with van der Waals surface area (Å²) in [6.45, 7) is 0.871. The van der Waals surface area contributed by atoms with Gasteiger partial charge < -0.3 is 29.7 Å². The van der Waals surface area contributed by atoms with Crippen LogP contribution in [0.4, 0.5) is 0 Å². The van der Waals surface area contributed by atoms with E-state index in [0.29, 0.717) is 24.3 Å². The van der Waals surface area contributed by atoms with Crippen LogP contribution in [-0.4, -0.2) is 86.4 Å². The molecule has 3 N–H and O–H groups in total. The summed E-state index contributed by atoms with van der Waals surface area (Å²) in [6, 6.07) is 10.2. The van der Waals surface area contributed by atoms with Crippen molar-refractivity contribution < 1.29 is 39.2 Å². The van der Waals surface area contributed by atoms with Crippen molar-refractivity contribution in [2.75, 3.05) is 20.7 Å². The molecule has 11 heteroatoms. The number of aromatic nitrogens is 2. The molecule has 2 fully saturated rings. The van der Waals surface area contributed by atoms with Crippen molar-refractivity contribution in [3.05, 3.63) is 83.4 Å². The summed E-state index contributed by atoms with van der Waals surface area (Å²) >= 11 is 0. The van der Waals surface area contributed by atoms with Gasteiger partial charge in [-0.1, -0.05) is 6.07 Å². The van der Waals surface area contributed by atoms with Gasteiger partial charge in [0.05, 0.1) is 29.3 Å². The van der Waals surface area contributed by atoms with Crippen LogP contribution in [0.2, 0.25) is 0 Å². The lowest BCUT2D eigenvalue weighted by Gasteiger charge is -2.62. The van der Waals surface area contributed by atoms with Gasteiger partial charge in [0, 0.05) is 42.8 Å². The van der Waals surface area contributed by atoms with E-state index in [0.717, 1.165) is 24.9 Å². The fourth-order valence-corrected chi connectivity index (χ4v) is 6.66. The number of carbonyl (C=O) groups excluding carboxylic acids is 1. The fraction of sp³-hybridized carbons (Fsp3) is 0.367. The Morgan fingerprint density at radius 3 is 2.17 bits per heavy atom. The maximum Gasteiger partial charge on any atom is 0.337 e. The molecule has 2 aromatic heterocycles. The number of methoxy groups -OCH3 is 1. The number of carbonyl (C=O) groups is 3. The minimum absolute atomic E-state index is 0.0438. The molecule has 0 amide bonds. The zero-order valence-corrected chi connectivity index (χ0v) is 22.7. The summed E-state index contributed by atoms with van der Waals surface area (Å²) in [5, 5.41) is 28.4. The van der Waals surface area contributed by atoms with Gasteiger partial charge in [-0.15, -0.1) is 0 Å². The van der Waals surface area contributed by atoms with E-state index in [9.17, 15) is 19.5 Å². The fourth-order valence-electron chi connectivity index (χ4n) is 6.66. The number of pyridine rings is 2. The first-order chi connectivity index (χ1) is 19.6. The monoisotopic (exact) mass is 561 g/mol. The van der Waals surface area contributed by atoms with Crippen LogP contribution in [0.1, 0.15) is 51.1 Å². The molecule has 2 aliphatic heterocycles. The highest BCUT2D eigenvalue weighted by Gasteiger charge is 2.72. The second-order valence-electron chi connectivity index (χ2n) is 10.5. The number of aliphatic hydroxyl groups is 1. The number of nitrogens with zero attached hydrogens (tertiary/aromatic N) is 3. The third kappa shape index (κ3) is 4.60. The molecule has 41 heavy (non-hydrogen) atoms. The van der Waals surface area contributed by atoms with Crippen LogP contribution in [0.25, 0.3) is 0 Å². The van der Waals surface area contributed by atoms with Crippen LogP contribution in [0.5, 0.6) is 11.5 Å². The summed E-state index contributed by atoms with van der Waals surface area (Å²) in [5.41, 5.74) is 1.18. The molecule has 4 heterocycles. The molecular weight excluding hydrogens is 530 g/mol. The normalized spacial score (nSPS) is 26.7. The quantitative estimate of drug-likeness (QED) is 0.431. The van der Waals surface area contributed by atoms with Gasteiger partial charge in [-0.05, 0) is 68.8 Å². The Hall–Kier alpha value is -4.35. The minimum atomic E-state index is -0.942. The first-order valence-electron chi connectivity index (χ1n) is 13.2. The van der Waals surface area contributed by atoms with E-state index in [1.54, 1.807) is 19.2 Å². The molecule has 1 aromatic carbocycles. The molecule has 2 aliphatic carbocycles. The van der Waals surface area contributed by atoms with Gasteiger partial charge in [0.25, 0.3) is 0 Å². The van der Waals surface area contributed by atoms with Gasteiger partial charge in [-0.25, -0.2) is 9.59 Å². The Balaban J connectivity index is 0.000000155. The van der Waals surface area contributed by atoms with Gasteiger partial charge in [-0.3, -0.25) is 14.8 Å². The van der Waals surface area contributed by atoms with Gasteiger partial charge in [0.15, 0.2) is 23.4 Å². The maximum atomic E-state index is 12.7. The van der Waals surface area contributed by atoms with Crippen molar-refractivity contribution >= 4 is 17.7 Å². The average Bonchev–Trinajstić information content (AvgIpc) is 3.35. The summed E-state index contributed by atoms with van der Waals surface area (Å²) in [6.07, 6.45) is 7.58.